The van der Waals surface area contributed by atoms with Gasteiger partial charge in [-0.05, 0) is 73.5 Å². The summed E-state index contributed by atoms with van der Waals surface area (Å²) in [6, 6.07) is 9.64. The first kappa shape index (κ1) is 20.0. The molecule has 8 rings (SSSR count). The van der Waals surface area contributed by atoms with Crippen LogP contribution in [0.25, 0.3) is 10.9 Å². The number of aliphatic imine (C=N–C) groups is 1. The first-order valence-electron chi connectivity index (χ1n) is 12.6. The standard InChI is InChI=1S/C27H29N5O3/c28-25(29)30-15-4-5-18-16(10-15)17-11-27(34)20-9-14-3-6-19(33)23-21(14)26(27,24(35-23)22(17)31-18)7-8-32(20)12-13-1-2-13/h3-6,10,13,20,24,31,33-34H,1-2,7-9,11-12H2,(H4,28,29,30)/t20?,24-,26?,27+/m0/s1. The van der Waals surface area contributed by atoms with Gasteiger partial charge in [-0.2, -0.15) is 0 Å². The monoisotopic (exact) mass is 471 g/mol. The Morgan fingerprint density at radius 3 is 2.89 bits per heavy atom. The van der Waals surface area contributed by atoms with Gasteiger partial charge in [0.05, 0.1) is 22.4 Å². The van der Waals surface area contributed by atoms with Crippen molar-refractivity contribution in [2.24, 2.45) is 22.4 Å². The molecular weight excluding hydrogens is 442 g/mol. The fourth-order valence-corrected chi connectivity index (χ4v) is 7.83. The van der Waals surface area contributed by atoms with Gasteiger partial charge in [-0.3, -0.25) is 4.90 Å². The lowest BCUT2D eigenvalue weighted by Crippen LogP contribution is -2.74. The van der Waals surface area contributed by atoms with Crippen molar-refractivity contribution in [2.45, 2.75) is 55.3 Å². The van der Waals surface area contributed by atoms with Crippen molar-refractivity contribution in [1.29, 1.82) is 0 Å². The van der Waals surface area contributed by atoms with Crippen LogP contribution in [-0.4, -0.2) is 50.8 Å². The maximum atomic E-state index is 12.9. The van der Waals surface area contributed by atoms with E-state index in [0.29, 0.717) is 17.9 Å². The third-order valence-electron chi connectivity index (χ3n) is 9.40. The predicted molar refractivity (Wildman–Crippen MR) is 132 cm³/mol. The van der Waals surface area contributed by atoms with Crippen LogP contribution in [0.2, 0.25) is 0 Å². The van der Waals surface area contributed by atoms with Crippen LogP contribution >= 0.6 is 0 Å². The van der Waals surface area contributed by atoms with Gasteiger partial charge >= 0.3 is 0 Å². The van der Waals surface area contributed by atoms with Crippen molar-refractivity contribution < 1.29 is 14.9 Å². The van der Waals surface area contributed by atoms with Crippen molar-refractivity contribution in [3.63, 3.8) is 0 Å². The molecule has 35 heavy (non-hydrogen) atoms. The van der Waals surface area contributed by atoms with E-state index < -0.39 is 11.0 Å². The van der Waals surface area contributed by atoms with E-state index in [1.807, 2.05) is 24.3 Å². The van der Waals surface area contributed by atoms with Gasteiger partial charge in [0, 0.05) is 35.5 Å². The van der Waals surface area contributed by atoms with Gasteiger partial charge in [0.25, 0.3) is 0 Å². The molecule has 2 unspecified atom stereocenters. The lowest BCUT2D eigenvalue weighted by atomic mass is 9.49. The molecule has 3 aliphatic carbocycles. The summed E-state index contributed by atoms with van der Waals surface area (Å²) in [5.41, 5.74) is 15.6. The number of likely N-dealkylation sites (tertiary alicyclic amines) is 1. The fraction of sp³-hybridized carbons (Fsp3) is 0.444. The Morgan fingerprint density at radius 2 is 2.09 bits per heavy atom. The Balaban J connectivity index is 1.38. The maximum absolute atomic E-state index is 12.9. The molecule has 3 aromatic rings. The molecule has 1 saturated carbocycles. The van der Waals surface area contributed by atoms with Crippen molar-refractivity contribution in [1.82, 2.24) is 9.88 Å². The van der Waals surface area contributed by atoms with Crippen molar-refractivity contribution >= 4 is 22.5 Å². The number of aromatic nitrogens is 1. The number of phenolic OH excluding ortho intramolecular Hbond substituents is 1. The topological polar surface area (TPSA) is 133 Å². The highest BCUT2D eigenvalue weighted by Crippen LogP contribution is 2.69. The number of hydrogen-bond donors (Lipinski definition) is 5. The lowest BCUT2D eigenvalue weighted by molar-refractivity contribution is -0.173. The van der Waals surface area contributed by atoms with Crippen molar-refractivity contribution in [3.05, 3.63) is 52.7 Å². The molecule has 180 valence electrons. The molecular formula is C27H29N5O3. The lowest BCUT2D eigenvalue weighted by Gasteiger charge is -2.62. The van der Waals surface area contributed by atoms with Gasteiger partial charge in [0.15, 0.2) is 23.6 Å². The summed E-state index contributed by atoms with van der Waals surface area (Å²) < 4.78 is 6.63. The number of nitrogens with one attached hydrogen (secondary N) is 1. The molecule has 5 aliphatic rings. The molecule has 2 aromatic carbocycles. The number of ether oxygens (including phenoxy) is 1. The van der Waals surface area contributed by atoms with Crippen molar-refractivity contribution in [3.8, 4) is 11.5 Å². The Kier molecular flexibility index (Phi) is 3.60. The molecule has 2 bridgehead atoms. The summed E-state index contributed by atoms with van der Waals surface area (Å²) in [4.78, 5) is 10.4. The molecule has 8 nitrogen and oxygen atoms in total. The smallest absolute Gasteiger partial charge is 0.191 e. The van der Waals surface area contributed by atoms with Crippen LogP contribution in [-0.2, 0) is 18.3 Å². The number of H-pyrrole nitrogens is 1. The van der Waals surface area contributed by atoms with Gasteiger partial charge in [-0.15, -0.1) is 0 Å². The van der Waals surface area contributed by atoms with Crippen LogP contribution in [0.15, 0.2) is 35.3 Å². The third-order valence-corrected chi connectivity index (χ3v) is 9.40. The largest absolute Gasteiger partial charge is 0.504 e. The normalized spacial score (nSPS) is 32.1. The molecule has 4 atom stereocenters. The quantitative estimate of drug-likeness (QED) is 0.294. The molecule has 1 saturated heterocycles. The van der Waals surface area contributed by atoms with Gasteiger partial charge in [-0.25, -0.2) is 4.99 Å². The second-order valence-electron chi connectivity index (χ2n) is 11.2. The number of aliphatic hydroxyl groups is 1. The minimum atomic E-state index is -1.01. The van der Waals surface area contributed by atoms with Gasteiger partial charge in [0.1, 0.15) is 0 Å². The van der Waals surface area contributed by atoms with Crippen LogP contribution in [0.5, 0.6) is 11.5 Å². The molecule has 2 aliphatic heterocycles. The summed E-state index contributed by atoms with van der Waals surface area (Å²) in [7, 11) is 0. The molecule has 0 amide bonds. The van der Waals surface area contributed by atoms with Crippen molar-refractivity contribution in [2.75, 3.05) is 13.1 Å². The SMILES string of the molecule is NC(N)=Nc1ccc2[nH]c3c(c2c1)C[C@@]1(O)C2Cc4ccc(O)c5c4C1(CCN2CC1CC1)[C@H]3O5. The molecule has 8 heteroatoms. The minimum absolute atomic E-state index is 0.00457. The maximum Gasteiger partial charge on any atom is 0.191 e. The Bertz CT molecular complexity index is 1450. The average molecular weight is 472 g/mol. The van der Waals surface area contributed by atoms with Crippen LogP contribution in [0.4, 0.5) is 5.69 Å². The number of nitrogens with two attached hydrogens (primary N) is 2. The van der Waals surface area contributed by atoms with E-state index in [9.17, 15) is 10.2 Å². The molecule has 1 spiro atoms. The summed E-state index contributed by atoms with van der Waals surface area (Å²) in [6.07, 6.45) is 4.27. The highest BCUT2D eigenvalue weighted by molar-refractivity contribution is 5.90. The minimum Gasteiger partial charge on any atom is -0.504 e. The predicted octanol–water partition coefficient (Wildman–Crippen LogP) is 2.48. The molecule has 7 N–H and O–H groups in total. The van der Waals surface area contributed by atoms with Gasteiger partial charge < -0.3 is 31.4 Å². The first-order chi connectivity index (χ1) is 16.9. The summed E-state index contributed by atoms with van der Waals surface area (Å²) in [5.74, 6) is 1.46. The van der Waals surface area contributed by atoms with Crippen LogP contribution in [0.3, 0.4) is 0 Å². The summed E-state index contributed by atoms with van der Waals surface area (Å²) >= 11 is 0. The molecule has 2 fully saturated rings. The first-order valence-corrected chi connectivity index (χ1v) is 12.6. The zero-order valence-electron chi connectivity index (χ0n) is 19.4. The number of guanidine groups is 1. The third kappa shape index (κ3) is 2.37. The average Bonchev–Trinajstić information content (AvgIpc) is 3.46. The van der Waals surface area contributed by atoms with E-state index in [-0.39, 0.29) is 23.9 Å². The number of piperidine rings is 1. The van der Waals surface area contributed by atoms with Crippen LogP contribution in [0, 0.1) is 5.92 Å². The van der Waals surface area contributed by atoms with E-state index in [4.69, 9.17) is 16.2 Å². The van der Waals surface area contributed by atoms with E-state index >= 15 is 0 Å². The Labute approximate surface area is 202 Å². The van der Waals surface area contributed by atoms with E-state index in [2.05, 4.69) is 14.9 Å². The number of nitrogens with zero attached hydrogens (tertiary/aromatic N) is 2. The second kappa shape index (κ2) is 6.30. The number of aromatic hydroxyl groups is 1. The van der Waals surface area contributed by atoms with Crippen LogP contribution in [0.1, 0.15) is 47.8 Å². The van der Waals surface area contributed by atoms with E-state index in [1.54, 1.807) is 6.07 Å². The second-order valence-corrected chi connectivity index (χ2v) is 11.2. The summed E-state index contributed by atoms with van der Waals surface area (Å²) in [6.45, 7) is 1.98. The van der Waals surface area contributed by atoms with E-state index in [1.165, 1.54) is 18.4 Å². The van der Waals surface area contributed by atoms with Gasteiger partial charge in [0.2, 0.25) is 0 Å². The Morgan fingerprint density at radius 1 is 1.23 bits per heavy atom. The number of hydrogen-bond acceptors (Lipinski definition) is 5. The number of aromatic amines is 1. The highest BCUT2D eigenvalue weighted by Gasteiger charge is 2.72. The Hall–Kier alpha value is -3.23. The van der Waals surface area contributed by atoms with E-state index in [0.717, 1.165) is 59.6 Å². The molecule has 1 aromatic heterocycles. The number of rotatable bonds is 3. The van der Waals surface area contributed by atoms with Gasteiger partial charge in [-0.1, -0.05) is 6.07 Å². The highest BCUT2D eigenvalue weighted by atomic mass is 16.5. The number of phenols is 1. The van der Waals surface area contributed by atoms with Crippen LogP contribution < -0.4 is 16.2 Å². The molecule has 3 heterocycles. The number of fused-ring (bicyclic) bond motifs is 4. The zero-order chi connectivity index (χ0) is 23.7. The zero-order valence-corrected chi connectivity index (χ0v) is 19.4. The summed E-state index contributed by atoms with van der Waals surface area (Å²) in [5, 5.41) is 24.7. The molecule has 0 radical (unpaired) electrons. The number of benzene rings is 2. The fourth-order valence-electron chi connectivity index (χ4n) is 7.83.